The van der Waals surface area contributed by atoms with Crippen LogP contribution in [-0.4, -0.2) is 88.7 Å². The van der Waals surface area contributed by atoms with Gasteiger partial charge >= 0.3 is 6.09 Å². The molecule has 2 aliphatic carbocycles. The number of allylic oxidation sites excluding steroid dienone is 1. The van der Waals surface area contributed by atoms with E-state index >= 15 is 0 Å². The lowest BCUT2D eigenvalue weighted by molar-refractivity contribution is -0.141. The van der Waals surface area contributed by atoms with E-state index in [9.17, 15) is 27.6 Å². The van der Waals surface area contributed by atoms with Crippen LogP contribution in [0.1, 0.15) is 66.7 Å². The van der Waals surface area contributed by atoms with E-state index in [0.717, 1.165) is 0 Å². The fraction of sp³-hybridized carbons (Fsp3) is 0.769. The van der Waals surface area contributed by atoms with Crippen LogP contribution >= 0.6 is 11.8 Å². The molecule has 3 fully saturated rings. The minimum Gasteiger partial charge on any atom is -0.444 e. The van der Waals surface area contributed by atoms with Crippen LogP contribution in [0.5, 0.6) is 0 Å². The Balaban J connectivity index is 1.63. The molecule has 5 atom stereocenters. The number of ether oxygens (including phenoxy) is 1. The smallest absolute Gasteiger partial charge is 0.408 e. The van der Waals surface area contributed by atoms with Crippen molar-refractivity contribution in [3.63, 3.8) is 0 Å². The number of rotatable bonds is 4. The van der Waals surface area contributed by atoms with Crippen molar-refractivity contribution in [2.75, 3.05) is 12.3 Å². The summed E-state index contributed by atoms with van der Waals surface area (Å²) in [6.07, 6.45) is 4.97. The van der Waals surface area contributed by atoms with E-state index in [4.69, 9.17) is 10.5 Å². The molecular formula is C26H41N5O7S2. The molecule has 12 nitrogen and oxygen atoms in total. The molecule has 224 valence electrons. The normalized spacial score (nSPS) is 33.5. The maximum Gasteiger partial charge on any atom is 0.408 e. The van der Waals surface area contributed by atoms with Crippen LogP contribution in [0.3, 0.4) is 0 Å². The highest BCUT2D eigenvalue weighted by Crippen LogP contribution is 2.46. The molecule has 14 heteroatoms. The van der Waals surface area contributed by atoms with Crippen molar-refractivity contribution < 1.29 is 32.3 Å². The van der Waals surface area contributed by atoms with Crippen molar-refractivity contribution >= 4 is 45.6 Å². The highest BCUT2D eigenvalue weighted by Gasteiger charge is 2.62. The van der Waals surface area contributed by atoms with Gasteiger partial charge in [-0.3, -0.25) is 19.1 Å². The van der Waals surface area contributed by atoms with Crippen molar-refractivity contribution in [3.05, 3.63) is 12.2 Å². The van der Waals surface area contributed by atoms with Gasteiger partial charge in [0, 0.05) is 23.3 Å². The van der Waals surface area contributed by atoms with E-state index in [0.29, 0.717) is 25.0 Å². The number of carbonyl (C=O) groups excluding carboxylic acids is 4. The first-order valence-corrected chi connectivity index (χ1v) is 16.2. The summed E-state index contributed by atoms with van der Waals surface area (Å²) in [5.41, 5.74) is 4.00. The van der Waals surface area contributed by atoms with Gasteiger partial charge in [0.05, 0.1) is 5.25 Å². The third kappa shape index (κ3) is 6.76. The van der Waals surface area contributed by atoms with Crippen LogP contribution in [-0.2, 0) is 29.1 Å². The molecule has 0 aromatic heterocycles. The van der Waals surface area contributed by atoms with Gasteiger partial charge in [-0.2, -0.15) is 11.8 Å². The molecule has 2 heterocycles. The number of hydrogen-bond acceptors (Lipinski definition) is 9. The maximum absolute atomic E-state index is 14.0. The second-order valence-electron chi connectivity index (χ2n) is 12.7. The van der Waals surface area contributed by atoms with Crippen molar-refractivity contribution in [1.82, 2.24) is 20.3 Å². The molecule has 0 bridgehead atoms. The van der Waals surface area contributed by atoms with Gasteiger partial charge in [0.2, 0.25) is 21.8 Å². The maximum atomic E-state index is 14.0. The van der Waals surface area contributed by atoms with Crippen LogP contribution in [0.25, 0.3) is 0 Å². The zero-order valence-corrected chi connectivity index (χ0v) is 25.3. The van der Waals surface area contributed by atoms with Gasteiger partial charge in [-0.25, -0.2) is 13.2 Å². The first-order valence-electron chi connectivity index (χ1n) is 13.7. The predicted molar refractivity (Wildman–Crippen MR) is 151 cm³/mol. The van der Waals surface area contributed by atoms with E-state index in [-0.39, 0.29) is 25.3 Å². The number of thioether (sulfide) groups is 1. The third-order valence-electron chi connectivity index (χ3n) is 7.61. The molecule has 2 saturated carbocycles. The minimum atomic E-state index is -3.82. The van der Waals surface area contributed by atoms with Gasteiger partial charge < -0.3 is 26.0 Å². The monoisotopic (exact) mass is 599 g/mol. The molecule has 2 aliphatic heterocycles. The van der Waals surface area contributed by atoms with Crippen molar-refractivity contribution in [2.24, 2.45) is 11.7 Å². The molecule has 4 amide bonds. The highest BCUT2D eigenvalue weighted by atomic mass is 32.2. The second kappa shape index (κ2) is 10.8. The Morgan fingerprint density at radius 3 is 2.52 bits per heavy atom. The van der Waals surface area contributed by atoms with Gasteiger partial charge in [-0.1, -0.05) is 12.2 Å². The molecule has 0 spiro atoms. The zero-order chi connectivity index (χ0) is 29.7. The fourth-order valence-corrected chi connectivity index (χ4v) is 7.66. The number of sulfonamides is 1. The largest absolute Gasteiger partial charge is 0.444 e. The summed E-state index contributed by atoms with van der Waals surface area (Å²) in [4.78, 5) is 55.1. The number of amides is 4. The highest BCUT2D eigenvalue weighted by molar-refractivity contribution is 8.00. The average molecular weight is 600 g/mol. The van der Waals surface area contributed by atoms with E-state index in [2.05, 4.69) is 15.4 Å². The number of carbonyl (C=O) groups is 4. The summed E-state index contributed by atoms with van der Waals surface area (Å²) in [6, 6.07) is -2.53. The van der Waals surface area contributed by atoms with E-state index in [1.54, 1.807) is 20.8 Å². The summed E-state index contributed by atoms with van der Waals surface area (Å²) in [7, 11) is -3.82. The summed E-state index contributed by atoms with van der Waals surface area (Å²) in [5, 5.41) is 4.93. The Morgan fingerprint density at radius 1 is 1.23 bits per heavy atom. The summed E-state index contributed by atoms with van der Waals surface area (Å²) < 4.78 is 31.9. The molecule has 0 aromatic rings. The van der Waals surface area contributed by atoms with E-state index in [1.165, 1.54) is 16.7 Å². The Kier molecular flexibility index (Phi) is 8.29. The van der Waals surface area contributed by atoms with Crippen molar-refractivity contribution in [1.29, 1.82) is 0 Å². The lowest BCUT2D eigenvalue weighted by Crippen LogP contribution is -2.61. The first-order chi connectivity index (χ1) is 18.4. The number of hydrogen-bond donors (Lipinski definition) is 4. The number of nitrogens with two attached hydrogens (primary N) is 1. The molecular weight excluding hydrogens is 558 g/mol. The Bertz CT molecular complexity index is 1190. The number of nitrogens with one attached hydrogen (secondary N) is 3. The average Bonchev–Trinajstić information content (AvgIpc) is 3.73. The standard InChI is InChI=1S/C26H41N5O7S2/c1-24(2,3)38-23(35)28-19-21(33)31-14-16(27)12-18(31)20(32)29-26(22(34)30-40(36,37)17-9-10-17)13-15(26)8-6-7-11-39-25(19,4)5/h6,8,15-19H,7,9-14,27H2,1-5H3,(H,28,35)(H,29,32)(H,30,34)/b8-6+/t15-,16-,18+,19-,26-/m1/s1. The lowest BCUT2D eigenvalue weighted by Gasteiger charge is -2.37. The van der Waals surface area contributed by atoms with Gasteiger partial charge in [0.25, 0.3) is 5.91 Å². The summed E-state index contributed by atoms with van der Waals surface area (Å²) in [6.45, 7) is 8.97. The molecule has 0 unspecified atom stereocenters. The van der Waals surface area contributed by atoms with Gasteiger partial charge in [-0.05, 0) is 72.5 Å². The Hall–Kier alpha value is -2.32. The fourth-order valence-electron chi connectivity index (χ4n) is 5.19. The molecule has 1 saturated heterocycles. The van der Waals surface area contributed by atoms with Crippen molar-refractivity contribution in [3.8, 4) is 0 Å². The van der Waals surface area contributed by atoms with Crippen LogP contribution in [0.2, 0.25) is 0 Å². The Morgan fingerprint density at radius 2 is 1.90 bits per heavy atom. The van der Waals surface area contributed by atoms with E-state index in [1.807, 2.05) is 26.0 Å². The predicted octanol–water partition coefficient (Wildman–Crippen LogP) is 0.763. The second-order valence-corrected chi connectivity index (χ2v) is 16.4. The van der Waals surface area contributed by atoms with Crippen LogP contribution < -0.4 is 21.1 Å². The van der Waals surface area contributed by atoms with Gasteiger partial charge in [0.1, 0.15) is 23.2 Å². The zero-order valence-electron chi connectivity index (χ0n) is 23.7. The molecule has 40 heavy (non-hydrogen) atoms. The topological polar surface area (TPSA) is 177 Å². The SMILES string of the molecule is CC(C)(C)OC(=O)N[C@@H]1C(=O)N2C[C@H](N)C[C@H]2C(=O)N[C@]2(C(=O)NS(=O)(=O)C3CC3)C[C@H]2/C=C/CCSC1(C)C. The Labute approximate surface area is 240 Å². The summed E-state index contributed by atoms with van der Waals surface area (Å²) >= 11 is 1.49. The van der Waals surface area contributed by atoms with Gasteiger partial charge in [-0.15, -0.1) is 0 Å². The lowest BCUT2D eigenvalue weighted by atomic mass is 10.0. The molecule has 0 aromatic carbocycles. The van der Waals surface area contributed by atoms with Crippen LogP contribution in [0, 0.1) is 5.92 Å². The van der Waals surface area contributed by atoms with Crippen molar-refractivity contribution in [2.45, 2.75) is 106 Å². The third-order valence-corrected chi connectivity index (χ3v) is 10.9. The van der Waals surface area contributed by atoms with Gasteiger partial charge in [0.15, 0.2) is 0 Å². The summed E-state index contributed by atoms with van der Waals surface area (Å²) in [5.74, 6) is -1.61. The molecule has 4 rings (SSSR count). The minimum absolute atomic E-state index is 0.0861. The number of fused-ring (bicyclic) bond motifs is 2. The molecule has 5 N–H and O–H groups in total. The quantitative estimate of drug-likeness (QED) is 0.340. The van der Waals surface area contributed by atoms with Crippen LogP contribution in [0.15, 0.2) is 12.2 Å². The molecule has 4 aliphatic rings. The number of alkyl carbamates (subject to hydrolysis) is 1. The number of nitrogens with zero attached hydrogens (tertiary/aromatic N) is 1. The van der Waals surface area contributed by atoms with E-state index < -0.39 is 73.1 Å². The molecule has 0 radical (unpaired) electrons. The van der Waals surface area contributed by atoms with Crippen LogP contribution in [0.4, 0.5) is 4.79 Å². The first kappa shape index (κ1) is 30.6.